The largest absolute Gasteiger partial charge is 0.325 e. The lowest BCUT2D eigenvalue weighted by Gasteiger charge is -2.08. The van der Waals surface area contributed by atoms with Gasteiger partial charge in [0.1, 0.15) is 0 Å². The van der Waals surface area contributed by atoms with Gasteiger partial charge in [0.15, 0.2) is 0 Å². The number of non-ortho nitro benzene ring substituents is 1. The molecule has 1 aromatic carbocycles. The molecular formula is C11H13BrN2O3. The number of nitrogens with zero attached hydrogens (tertiary/aromatic N) is 1. The van der Waals surface area contributed by atoms with Gasteiger partial charge >= 0.3 is 0 Å². The van der Waals surface area contributed by atoms with Crippen LogP contribution in [0, 0.1) is 16.0 Å². The van der Waals surface area contributed by atoms with Gasteiger partial charge in [0, 0.05) is 23.0 Å². The third-order valence-corrected chi connectivity index (χ3v) is 2.69. The van der Waals surface area contributed by atoms with Gasteiger partial charge in [-0.05, 0) is 27.9 Å². The van der Waals surface area contributed by atoms with Gasteiger partial charge in [-0.3, -0.25) is 14.9 Å². The van der Waals surface area contributed by atoms with E-state index >= 15 is 0 Å². The summed E-state index contributed by atoms with van der Waals surface area (Å²) in [6.45, 7) is 3.90. The van der Waals surface area contributed by atoms with Crippen molar-refractivity contribution in [3.8, 4) is 0 Å². The standard InChI is InChI=1S/C11H13BrN2O3/c1-7(2)5-11(15)13-10-4-3-8(14(16)17)6-9(10)12/h3-4,6-7H,5H2,1-2H3,(H,13,15). The van der Waals surface area contributed by atoms with Crippen LogP contribution in [0.5, 0.6) is 0 Å². The molecule has 0 radical (unpaired) electrons. The molecule has 0 unspecified atom stereocenters. The Morgan fingerprint density at radius 1 is 1.53 bits per heavy atom. The zero-order chi connectivity index (χ0) is 13.0. The number of amides is 1. The molecule has 0 saturated heterocycles. The average Bonchev–Trinajstić information content (AvgIpc) is 2.19. The number of nitrogens with one attached hydrogen (secondary N) is 1. The van der Waals surface area contributed by atoms with E-state index in [-0.39, 0.29) is 17.5 Å². The van der Waals surface area contributed by atoms with Crippen LogP contribution in [0.4, 0.5) is 11.4 Å². The van der Waals surface area contributed by atoms with Crippen molar-refractivity contribution in [2.75, 3.05) is 5.32 Å². The van der Waals surface area contributed by atoms with E-state index in [9.17, 15) is 14.9 Å². The Morgan fingerprint density at radius 2 is 2.18 bits per heavy atom. The molecule has 0 aromatic heterocycles. The molecule has 0 bridgehead atoms. The summed E-state index contributed by atoms with van der Waals surface area (Å²) in [5, 5.41) is 13.2. The van der Waals surface area contributed by atoms with Gasteiger partial charge < -0.3 is 5.32 Å². The zero-order valence-electron chi connectivity index (χ0n) is 9.57. The SMILES string of the molecule is CC(C)CC(=O)Nc1ccc([N+](=O)[O-])cc1Br. The minimum absolute atomic E-state index is 0.0151. The molecule has 0 fully saturated rings. The fourth-order valence-electron chi connectivity index (χ4n) is 1.29. The van der Waals surface area contributed by atoms with Gasteiger partial charge in [0.05, 0.1) is 10.6 Å². The lowest BCUT2D eigenvalue weighted by molar-refractivity contribution is -0.384. The highest BCUT2D eigenvalue weighted by molar-refractivity contribution is 9.10. The van der Waals surface area contributed by atoms with Crippen molar-refractivity contribution in [3.05, 3.63) is 32.8 Å². The van der Waals surface area contributed by atoms with Crippen LogP contribution >= 0.6 is 15.9 Å². The number of anilines is 1. The number of halogens is 1. The highest BCUT2D eigenvalue weighted by atomic mass is 79.9. The van der Waals surface area contributed by atoms with E-state index in [1.165, 1.54) is 18.2 Å². The Balaban J connectivity index is 2.79. The second-order valence-electron chi connectivity index (χ2n) is 4.07. The molecule has 0 spiro atoms. The van der Waals surface area contributed by atoms with Crippen LogP contribution in [-0.4, -0.2) is 10.8 Å². The summed E-state index contributed by atoms with van der Waals surface area (Å²) in [5.74, 6) is 0.168. The molecule has 0 aliphatic carbocycles. The van der Waals surface area contributed by atoms with Crippen LogP contribution in [-0.2, 0) is 4.79 Å². The molecule has 17 heavy (non-hydrogen) atoms. The first-order chi connectivity index (χ1) is 7.90. The van der Waals surface area contributed by atoms with Crippen molar-refractivity contribution in [1.82, 2.24) is 0 Å². The van der Waals surface area contributed by atoms with Crippen molar-refractivity contribution >= 4 is 33.2 Å². The molecule has 0 aliphatic heterocycles. The maximum atomic E-state index is 11.5. The Kier molecular flexibility index (Phi) is 4.62. The Hall–Kier alpha value is -1.43. The Labute approximate surface area is 107 Å². The number of benzene rings is 1. The maximum absolute atomic E-state index is 11.5. The average molecular weight is 301 g/mol. The second-order valence-corrected chi connectivity index (χ2v) is 4.92. The lowest BCUT2D eigenvalue weighted by atomic mass is 10.1. The van der Waals surface area contributed by atoms with Crippen molar-refractivity contribution < 1.29 is 9.72 Å². The number of hydrogen-bond donors (Lipinski definition) is 1. The molecule has 1 amide bonds. The molecule has 0 saturated carbocycles. The second kappa shape index (κ2) is 5.77. The van der Waals surface area contributed by atoms with E-state index in [1.54, 1.807) is 0 Å². The summed E-state index contributed by atoms with van der Waals surface area (Å²) < 4.78 is 0.504. The summed E-state index contributed by atoms with van der Waals surface area (Å²) in [7, 11) is 0. The summed E-state index contributed by atoms with van der Waals surface area (Å²) >= 11 is 3.19. The number of carbonyl (C=O) groups is 1. The van der Waals surface area contributed by atoms with Crippen molar-refractivity contribution in [1.29, 1.82) is 0 Å². The topological polar surface area (TPSA) is 72.2 Å². The van der Waals surface area contributed by atoms with E-state index in [0.717, 1.165) is 0 Å². The zero-order valence-corrected chi connectivity index (χ0v) is 11.2. The van der Waals surface area contributed by atoms with E-state index in [4.69, 9.17) is 0 Å². The van der Waals surface area contributed by atoms with Crippen LogP contribution in [0.1, 0.15) is 20.3 Å². The van der Waals surface area contributed by atoms with Gasteiger partial charge in [0.25, 0.3) is 5.69 Å². The van der Waals surface area contributed by atoms with E-state index in [1.807, 2.05) is 13.8 Å². The molecule has 92 valence electrons. The highest BCUT2D eigenvalue weighted by Gasteiger charge is 2.11. The van der Waals surface area contributed by atoms with Crippen molar-refractivity contribution in [2.45, 2.75) is 20.3 Å². The first kappa shape index (κ1) is 13.6. The van der Waals surface area contributed by atoms with Crippen LogP contribution in [0.3, 0.4) is 0 Å². The molecule has 0 heterocycles. The summed E-state index contributed by atoms with van der Waals surface area (Å²) in [6.07, 6.45) is 0.420. The molecule has 6 heteroatoms. The monoisotopic (exact) mass is 300 g/mol. The highest BCUT2D eigenvalue weighted by Crippen LogP contribution is 2.27. The first-order valence-electron chi connectivity index (χ1n) is 5.14. The molecule has 5 nitrogen and oxygen atoms in total. The molecule has 1 N–H and O–H groups in total. The maximum Gasteiger partial charge on any atom is 0.270 e. The fourth-order valence-corrected chi connectivity index (χ4v) is 1.76. The number of rotatable bonds is 4. The Bertz CT molecular complexity index is 446. The quantitative estimate of drug-likeness (QED) is 0.684. The van der Waals surface area contributed by atoms with Gasteiger partial charge in [-0.15, -0.1) is 0 Å². The number of carbonyl (C=O) groups excluding carboxylic acids is 1. The predicted molar refractivity (Wildman–Crippen MR) is 68.9 cm³/mol. The minimum Gasteiger partial charge on any atom is -0.325 e. The number of nitro groups is 1. The normalized spacial score (nSPS) is 10.4. The van der Waals surface area contributed by atoms with Crippen LogP contribution < -0.4 is 5.32 Å². The van der Waals surface area contributed by atoms with Crippen molar-refractivity contribution in [3.63, 3.8) is 0 Å². The van der Waals surface area contributed by atoms with Crippen LogP contribution in [0.25, 0.3) is 0 Å². The molecular weight excluding hydrogens is 288 g/mol. The van der Waals surface area contributed by atoms with E-state index < -0.39 is 4.92 Å². The Morgan fingerprint density at radius 3 is 2.65 bits per heavy atom. The number of nitro benzene ring substituents is 1. The first-order valence-corrected chi connectivity index (χ1v) is 5.93. The summed E-state index contributed by atoms with van der Waals surface area (Å²) in [5.41, 5.74) is 0.528. The summed E-state index contributed by atoms with van der Waals surface area (Å²) in [6, 6.07) is 4.24. The van der Waals surface area contributed by atoms with Crippen LogP contribution in [0.2, 0.25) is 0 Å². The predicted octanol–water partition coefficient (Wildman–Crippen LogP) is 3.34. The van der Waals surface area contributed by atoms with Gasteiger partial charge in [-0.2, -0.15) is 0 Å². The molecule has 0 aliphatic rings. The van der Waals surface area contributed by atoms with Crippen molar-refractivity contribution in [2.24, 2.45) is 5.92 Å². The van der Waals surface area contributed by atoms with Gasteiger partial charge in [-0.1, -0.05) is 13.8 Å². The van der Waals surface area contributed by atoms with E-state index in [0.29, 0.717) is 16.6 Å². The summed E-state index contributed by atoms with van der Waals surface area (Å²) in [4.78, 5) is 21.6. The van der Waals surface area contributed by atoms with Gasteiger partial charge in [-0.25, -0.2) is 0 Å². The lowest BCUT2D eigenvalue weighted by Crippen LogP contribution is -2.14. The minimum atomic E-state index is -0.482. The van der Waals surface area contributed by atoms with Gasteiger partial charge in [0.2, 0.25) is 5.91 Å². The smallest absolute Gasteiger partial charge is 0.270 e. The fraction of sp³-hybridized carbons (Fsp3) is 0.364. The third kappa shape index (κ3) is 4.14. The third-order valence-electron chi connectivity index (χ3n) is 2.03. The number of hydrogen-bond acceptors (Lipinski definition) is 3. The molecule has 0 atom stereocenters. The van der Waals surface area contributed by atoms with Crippen LogP contribution in [0.15, 0.2) is 22.7 Å². The molecule has 1 rings (SSSR count). The van der Waals surface area contributed by atoms with E-state index in [2.05, 4.69) is 21.2 Å². The molecule has 1 aromatic rings.